The summed E-state index contributed by atoms with van der Waals surface area (Å²) in [5, 5.41) is 0. The molecule has 220 valence electrons. The molecule has 40 heavy (non-hydrogen) atoms. The molecule has 0 heterocycles. The van der Waals surface area contributed by atoms with E-state index in [4.69, 9.17) is 29.0 Å². The van der Waals surface area contributed by atoms with Crippen molar-refractivity contribution in [2.24, 2.45) is 0 Å². The van der Waals surface area contributed by atoms with E-state index in [0.717, 1.165) is 38.5 Å². The molecule has 2 aromatic carbocycles. The fourth-order valence-corrected chi connectivity index (χ4v) is 4.40. The molecule has 2 atom stereocenters. The van der Waals surface area contributed by atoms with E-state index in [2.05, 4.69) is 13.8 Å². The molecule has 1 saturated carbocycles. The molecule has 0 saturated heterocycles. The van der Waals surface area contributed by atoms with Crippen molar-refractivity contribution in [1.82, 2.24) is 0 Å². The molecule has 2 unspecified atom stereocenters. The lowest BCUT2D eigenvalue weighted by molar-refractivity contribution is -0.352. The molecule has 0 bridgehead atoms. The monoisotopic (exact) mass is 556 g/mol. The molecule has 1 fully saturated rings. The minimum Gasteiger partial charge on any atom is -0.494 e. The summed E-state index contributed by atoms with van der Waals surface area (Å²) >= 11 is 0. The Labute approximate surface area is 238 Å². The van der Waals surface area contributed by atoms with E-state index in [1.165, 1.54) is 25.7 Å². The van der Waals surface area contributed by atoms with Gasteiger partial charge in [-0.1, -0.05) is 65.2 Å². The Kier molecular flexibility index (Phi) is 14.4. The molecule has 0 aromatic heterocycles. The summed E-state index contributed by atoms with van der Waals surface area (Å²) in [5.74, 6) is 0.203. The summed E-state index contributed by atoms with van der Waals surface area (Å²) in [6.07, 6.45) is 11.0. The normalized spacial score (nSPS) is 16.8. The quantitative estimate of drug-likeness (QED) is 0.104. The lowest BCUT2D eigenvalue weighted by atomic mass is 9.95. The van der Waals surface area contributed by atoms with Gasteiger partial charge in [-0.2, -0.15) is 9.78 Å². The second-order valence-electron chi connectivity index (χ2n) is 10.2. The van der Waals surface area contributed by atoms with Crippen LogP contribution in [0.1, 0.15) is 112 Å². The number of rotatable bonds is 18. The number of carbonyl (C=O) groups is 2. The van der Waals surface area contributed by atoms with Crippen LogP contribution in [0.5, 0.6) is 11.5 Å². The lowest BCUT2D eigenvalue weighted by Gasteiger charge is -2.28. The molecule has 1 aliphatic carbocycles. The summed E-state index contributed by atoms with van der Waals surface area (Å²) in [6, 6.07) is 13.6. The van der Waals surface area contributed by atoms with E-state index in [-0.39, 0.29) is 0 Å². The standard InChI is InChI=1S/C32H44O8/c1-3-5-7-11-23-35-27-19-15-25(16-20-27)31(33)39-37-29-13-9-10-14-30(29)38-40-32(34)26-17-21-28(22-18-26)36-24-12-8-6-4-2/h15-22,29-30H,3-14,23-24H2,1-2H3. The fraction of sp³-hybridized carbons (Fsp3) is 0.562. The molecule has 0 radical (unpaired) electrons. The predicted octanol–water partition coefficient (Wildman–Crippen LogP) is 7.79. The van der Waals surface area contributed by atoms with Crippen molar-refractivity contribution in [3.05, 3.63) is 59.7 Å². The van der Waals surface area contributed by atoms with E-state index >= 15 is 0 Å². The summed E-state index contributed by atoms with van der Waals surface area (Å²) < 4.78 is 11.4. The number of carbonyl (C=O) groups excluding carboxylic acids is 2. The Morgan fingerprint density at radius 3 is 1.38 bits per heavy atom. The van der Waals surface area contributed by atoms with Crippen LogP contribution in [-0.2, 0) is 19.6 Å². The first-order valence-corrected chi connectivity index (χ1v) is 14.8. The maximum atomic E-state index is 12.5. The van der Waals surface area contributed by atoms with E-state index in [1.54, 1.807) is 48.5 Å². The molecule has 8 heteroatoms. The average molecular weight is 557 g/mol. The molecule has 0 N–H and O–H groups in total. The minimum absolute atomic E-state index is 0.353. The summed E-state index contributed by atoms with van der Waals surface area (Å²) in [7, 11) is 0. The zero-order chi connectivity index (χ0) is 28.4. The largest absolute Gasteiger partial charge is 0.494 e. The predicted molar refractivity (Wildman–Crippen MR) is 151 cm³/mol. The van der Waals surface area contributed by atoms with Gasteiger partial charge in [0.1, 0.15) is 23.7 Å². The molecular weight excluding hydrogens is 512 g/mol. The van der Waals surface area contributed by atoms with Crippen LogP contribution >= 0.6 is 0 Å². The van der Waals surface area contributed by atoms with Gasteiger partial charge in [0.2, 0.25) is 0 Å². The molecule has 2 aromatic rings. The van der Waals surface area contributed by atoms with Gasteiger partial charge in [-0.05, 0) is 74.2 Å². The third-order valence-corrected chi connectivity index (χ3v) is 6.85. The van der Waals surface area contributed by atoms with Gasteiger partial charge in [-0.3, -0.25) is 9.78 Å². The molecule has 0 spiro atoms. The van der Waals surface area contributed by atoms with Crippen molar-refractivity contribution in [3.8, 4) is 11.5 Å². The summed E-state index contributed by atoms with van der Waals surface area (Å²) in [6.45, 7) is 5.65. The van der Waals surface area contributed by atoms with E-state index in [1.807, 2.05) is 0 Å². The van der Waals surface area contributed by atoms with Crippen molar-refractivity contribution >= 4 is 11.9 Å². The second kappa shape index (κ2) is 18.3. The lowest BCUT2D eigenvalue weighted by Crippen LogP contribution is -2.36. The smallest absolute Gasteiger partial charge is 0.373 e. The van der Waals surface area contributed by atoms with Gasteiger partial charge in [-0.25, -0.2) is 9.59 Å². The van der Waals surface area contributed by atoms with Crippen LogP contribution in [0.3, 0.4) is 0 Å². The van der Waals surface area contributed by atoms with E-state index in [9.17, 15) is 9.59 Å². The van der Waals surface area contributed by atoms with Gasteiger partial charge in [0, 0.05) is 0 Å². The van der Waals surface area contributed by atoms with Gasteiger partial charge in [-0.15, -0.1) is 0 Å². The van der Waals surface area contributed by atoms with Gasteiger partial charge in [0.05, 0.1) is 24.3 Å². The highest BCUT2D eigenvalue weighted by molar-refractivity contribution is 5.89. The van der Waals surface area contributed by atoms with Crippen LogP contribution in [-0.4, -0.2) is 37.4 Å². The van der Waals surface area contributed by atoms with Crippen LogP contribution in [0, 0.1) is 0 Å². The molecule has 1 aliphatic rings. The Balaban J connectivity index is 1.39. The highest BCUT2D eigenvalue weighted by Crippen LogP contribution is 2.25. The maximum absolute atomic E-state index is 12.5. The number of benzene rings is 2. The van der Waals surface area contributed by atoms with Gasteiger partial charge < -0.3 is 9.47 Å². The van der Waals surface area contributed by atoms with Crippen molar-refractivity contribution in [3.63, 3.8) is 0 Å². The van der Waals surface area contributed by atoms with Gasteiger partial charge in [0.15, 0.2) is 0 Å². The Morgan fingerprint density at radius 1 is 0.600 bits per heavy atom. The van der Waals surface area contributed by atoms with E-state index in [0.29, 0.717) is 48.7 Å². The number of hydrogen-bond donors (Lipinski definition) is 0. The Bertz CT molecular complexity index is 907. The molecular formula is C32H44O8. The number of ether oxygens (including phenoxy) is 2. The van der Waals surface area contributed by atoms with Crippen LogP contribution in [0.15, 0.2) is 48.5 Å². The van der Waals surface area contributed by atoms with Crippen LogP contribution in [0.25, 0.3) is 0 Å². The second-order valence-corrected chi connectivity index (χ2v) is 10.2. The third kappa shape index (κ3) is 11.2. The van der Waals surface area contributed by atoms with Crippen molar-refractivity contribution in [2.45, 2.75) is 103 Å². The zero-order valence-electron chi connectivity index (χ0n) is 23.9. The maximum Gasteiger partial charge on any atom is 0.373 e. The first-order valence-electron chi connectivity index (χ1n) is 14.8. The number of unbranched alkanes of at least 4 members (excludes halogenated alkanes) is 6. The number of hydrogen-bond acceptors (Lipinski definition) is 8. The molecule has 3 rings (SSSR count). The summed E-state index contributed by atoms with van der Waals surface area (Å²) in [5.41, 5.74) is 0.706. The highest BCUT2D eigenvalue weighted by atomic mass is 17.2. The van der Waals surface area contributed by atoms with Crippen LogP contribution in [0.2, 0.25) is 0 Å². The first kappa shape index (κ1) is 31.4. The fourth-order valence-electron chi connectivity index (χ4n) is 4.40. The molecule has 0 amide bonds. The Hall–Kier alpha value is -3.10. The van der Waals surface area contributed by atoms with Gasteiger partial charge in [0.25, 0.3) is 0 Å². The van der Waals surface area contributed by atoms with Gasteiger partial charge >= 0.3 is 11.9 Å². The van der Waals surface area contributed by atoms with Crippen molar-refractivity contribution in [2.75, 3.05) is 13.2 Å². The third-order valence-electron chi connectivity index (χ3n) is 6.85. The molecule has 0 aliphatic heterocycles. The summed E-state index contributed by atoms with van der Waals surface area (Å²) in [4.78, 5) is 46.1. The SMILES string of the molecule is CCCCCCOc1ccc(C(=O)OOC2CCCCC2OOC(=O)c2ccc(OCCCCCC)cc2)cc1. The Morgan fingerprint density at radius 2 is 1.00 bits per heavy atom. The van der Waals surface area contributed by atoms with Crippen LogP contribution in [0.4, 0.5) is 0 Å². The van der Waals surface area contributed by atoms with E-state index < -0.39 is 24.1 Å². The molecule has 8 nitrogen and oxygen atoms in total. The first-order chi connectivity index (χ1) is 19.6. The minimum atomic E-state index is -0.608. The zero-order valence-corrected chi connectivity index (χ0v) is 23.9. The average Bonchev–Trinajstić information content (AvgIpc) is 2.99. The van der Waals surface area contributed by atoms with Crippen molar-refractivity contribution in [1.29, 1.82) is 0 Å². The highest BCUT2D eigenvalue weighted by Gasteiger charge is 2.31. The van der Waals surface area contributed by atoms with Crippen molar-refractivity contribution < 1.29 is 38.6 Å². The topological polar surface area (TPSA) is 89.5 Å². The van der Waals surface area contributed by atoms with Crippen LogP contribution < -0.4 is 9.47 Å².